The maximum Gasteiger partial charge on any atom is 0.135 e. The molecule has 202 valence electrons. The van der Waals surface area contributed by atoms with E-state index in [-0.39, 0.29) is 0 Å². The normalized spacial score (nSPS) is 12.5. The van der Waals surface area contributed by atoms with Gasteiger partial charge in [0.2, 0.25) is 0 Å². The zero-order chi connectivity index (χ0) is 28.5. The van der Waals surface area contributed by atoms with Crippen molar-refractivity contribution >= 4 is 76.1 Å². The van der Waals surface area contributed by atoms with E-state index in [9.17, 15) is 0 Å². The predicted molar refractivity (Wildman–Crippen MR) is 185 cm³/mol. The van der Waals surface area contributed by atoms with E-state index < -0.39 is 0 Å². The number of para-hydroxylation sites is 1. The first-order valence-electron chi connectivity index (χ1n) is 15.2. The molecule has 0 saturated carbocycles. The molecule has 0 spiro atoms. The van der Waals surface area contributed by atoms with Crippen molar-refractivity contribution in [3.8, 4) is 27.9 Å². The molecule has 0 saturated heterocycles. The number of hydrogen-bond acceptors (Lipinski definition) is 1. The average Bonchev–Trinajstić information content (AvgIpc) is 3.59. The van der Waals surface area contributed by atoms with Gasteiger partial charge in [-0.05, 0) is 91.6 Å². The molecule has 0 unspecified atom stereocenters. The summed E-state index contributed by atoms with van der Waals surface area (Å²) in [5.41, 5.74) is 10.5. The fraction of sp³-hybridized carbons (Fsp3) is 0. The van der Waals surface area contributed by atoms with Crippen LogP contribution >= 0.6 is 0 Å². The molecule has 1 aliphatic rings. The molecule has 0 bridgehead atoms. The molecule has 0 atom stereocenters. The second kappa shape index (κ2) is 7.94. The van der Waals surface area contributed by atoms with Crippen LogP contribution in [0.25, 0.3) is 104 Å². The second-order valence-corrected chi connectivity index (χ2v) is 12.1. The molecular weight excluding hydrogens is 534 g/mol. The van der Waals surface area contributed by atoms with Crippen LogP contribution in [0.4, 0.5) is 0 Å². The van der Waals surface area contributed by atoms with Crippen molar-refractivity contribution in [3.63, 3.8) is 0 Å². The minimum Gasteiger partial charge on any atom is -0.456 e. The number of hydrogen-bond donors (Lipinski definition) is 0. The number of fused-ring (bicyclic) bond motifs is 4. The van der Waals surface area contributed by atoms with E-state index in [4.69, 9.17) is 4.42 Å². The van der Waals surface area contributed by atoms with E-state index in [1.807, 2.05) is 12.1 Å². The lowest BCUT2D eigenvalue weighted by Crippen LogP contribution is -1.95. The molecule has 0 radical (unpaired) electrons. The van der Waals surface area contributed by atoms with Gasteiger partial charge < -0.3 is 8.98 Å². The Morgan fingerprint density at radius 3 is 1.80 bits per heavy atom. The van der Waals surface area contributed by atoms with Gasteiger partial charge in [0, 0.05) is 32.6 Å². The Kier molecular flexibility index (Phi) is 4.10. The minimum absolute atomic E-state index is 0.920. The SMILES string of the molecule is c1cc(-c2ccc3oc4ccccc4c3c2)cc(-n2c3ccc4cccc5c4c3c3c4c(ccc6cccc-5c64)ccc32)c1. The third-order valence-corrected chi connectivity index (χ3v) is 9.86. The van der Waals surface area contributed by atoms with Gasteiger partial charge in [0.15, 0.2) is 0 Å². The van der Waals surface area contributed by atoms with Crippen LogP contribution in [0.1, 0.15) is 0 Å². The molecule has 0 N–H and O–H groups in total. The van der Waals surface area contributed by atoms with Crippen molar-refractivity contribution in [2.45, 2.75) is 0 Å². The predicted octanol–water partition coefficient (Wildman–Crippen LogP) is 11.8. The number of rotatable bonds is 2. The fourth-order valence-electron chi connectivity index (χ4n) is 8.02. The first kappa shape index (κ1) is 22.7. The van der Waals surface area contributed by atoms with Crippen LogP contribution in [-0.4, -0.2) is 4.57 Å². The summed E-state index contributed by atoms with van der Waals surface area (Å²) in [5.74, 6) is 0. The number of aromatic nitrogens is 1. The molecule has 0 aliphatic heterocycles. The van der Waals surface area contributed by atoms with E-state index in [0.29, 0.717) is 0 Å². The van der Waals surface area contributed by atoms with Crippen molar-refractivity contribution in [3.05, 3.63) is 140 Å². The third kappa shape index (κ3) is 2.76. The summed E-state index contributed by atoms with van der Waals surface area (Å²) in [5, 5.41) is 12.9. The molecule has 11 rings (SSSR count). The van der Waals surface area contributed by atoms with Gasteiger partial charge in [0.25, 0.3) is 0 Å². The second-order valence-electron chi connectivity index (χ2n) is 12.1. The summed E-state index contributed by atoms with van der Waals surface area (Å²) in [7, 11) is 0. The van der Waals surface area contributed by atoms with Crippen LogP contribution in [0.2, 0.25) is 0 Å². The Bertz CT molecular complexity index is 2880. The summed E-state index contributed by atoms with van der Waals surface area (Å²) >= 11 is 0. The molecule has 44 heavy (non-hydrogen) atoms. The summed E-state index contributed by atoms with van der Waals surface area (Å²) < 4.78 is 8.60. The Balaban J connectivity index is 1.25. The van der Waals surface area contributed by atoms with E-state index in [2.05, 4.69) is 132 Å². The molecule has 8 aromatic carbocycles. The van der Waals surface area contributed by atoms with Gasteiger partial charge in [-0.15, -0.1) is 0 Å². The monoisotopic (exact) mass is 557 g/mol. The van der Waals surface area contributed by atoms with Crippen molar-refractivity contribution in [1.82, 2.24) is 4.57 Å². The smallest absolute Gasteiger partial charge is 0.135 e. The van der Waals surface area contributed by atoms with Gasteiger partial charge in [-0.3, -0.25) is 0 Å². The molecule has 2 aromatic heterocycles. The fourth-order valence-corrected chi connectivity index (χ4v) is 8.02. The molecule has 2 heteroatoms. The largest absolute Gasteiger partial charge is 0.456 e. The highest BCUT2D eigenvalue weighted by molar-refractivity contribution is 6.38. The highest BCUT2D eigenvalue weighted by atomic mass is 16.3. The maximum absolute atomic E-state index is 6.12. The lowest BCUT2D eigenvalue weighted by atomic mass is 9.93. The van der Waals surface area contributed by atoms with Crippen molar-refractivity contribution in [2.75, 3.05) is 0 Å². The first-order chi connectivity index (χ1) is 21.8. The summed E-state index contributed by atoms with van der Waals surface area (Å²) in [6.07, 6.45) is 0. The maximum atomic E-state index is 6.12. The number of furan rings is 1. The van der Waals surface area contributed by atoms with E-state index in [1.54, 1.807) is 0 Å². The zero-order valence-corrected chi connectivity index (χ0v) is 23.6. The summed E-state index contributed by atoms with van der Waals surface area (Å²) in [4.78, 5) is 0. The quantitative estimate of drug-likeness (QED) is 0.193. The first-order valence-corrected chi connectivity index (χ1v) is 15.2. The summed E-state index contributed by atoms with van der Waals surface area (Å²) in [6.45, 7) is 0. The molecule has 2 nitrogen and oxygen atoms in total. The van der Waals surface area contributed by atoms with Crippen LogP contribution in [0.3, 0.4) is 0 Å². The zero-order valence-electron chi connectivity index (χ0n) is 23.6. The van der Waals surface area contributed by atoms with Gasteiger partial charge in [-0.25, -0.2) is 0 Å². The highest BCUT2D eigenvalue weighted by Gasteiger charge is 2.24. The standard InChI is InChI=1S/C42H23NO/c1-2-13-36-30(10-1)33-23-28(18-21-37(33)44-36)27-8-3-9-29(22-27)43-34-19-16-25-7-5-12-32-31-11-4-6-24-14-15-26-17-20-35(43)42(40(26)38(24)31)41(34)39(25)32/h1-23H. The van der Waals surface area contributed by atoms with Gasteiger partial charge >= 0.3 is 0 Å². The van der Waals surface area contributed by atoms with Crippen LogP contribution < -0.4 is 0 Å². The highest BCUT2D eigenvalue weighted by Crippen LogP contribution is 2.49. The Morgan fingerprint density at radius 2 is 1.00 bits per heavy atom. The van der Waals surface area contributed by atoms with E-state index >= 15 is 0 Å². The van der Waals surface area contributed by atoms with Gasteiger partial charge in [0.1, 0.15) is 11.2 Å². The van der Waals surface area contributed by atoms with Gasteiger partial charge in [-0.2, -0.15) is 0 Å². The molecule has 2 heterocycles. The number of nitrogens with zero attached hydrogens (tertiary/aromatic N) is 1. The van der Waals surface area contributed by atoms with E-state index in [1.165, 1.54) is 76.4 Å². The molecule has 10 aromatic rings. The molecule has 0 amide bonds. The van der Waals surface area contributed by atoms with Crippen LogP contribution in [0.15, 0.2) is 144 Å². The molecule has 1 aliphatic carbocycles. The van der Waals surface area contributed by atoms with Crippen molar-refractivity contribution < 1.29 is 4.42 Å². The summed E-state index contributed by atoms with van der Waals surface area (Å²) in [6, 6.07) is 51.2. The van der Waals surface area contributed by atoms with E-state index in [0.717, 1.165) is 27.6 Å². The van der Waals surface area contributed by atoms with Crippen LogP contribution in [0, 0.1) is 0 Å². The van der Waals surface area contributed by atoms with Gasteiger partial charge in [-0.1, -0.05) is 97.1 Å². The Labute approximate surface area is 252 Å². The minimum atomic E-state index is 0.920. The van der Waals surface area contributed by atoms with Gasteiger partial charge in [0.05, 0.1) is 11.0 Å². The lowest BCUT2D eigenvalue weighted by molar-refractivity contribution is 0.669. The average molecular weight is 558 g/mol. The number of benzene rings is 8. The van der Waals surface area contributed by atoms with Crippen LogP contribution in [0.5, 0.6) is 0 Å². The topological polar surface area (TPSA) is 18.1 Å². The lowest BCUT2D eigenvalue weighted by Gasteiger charge is -2.14. The molecular formula is C42H23NO. The van der Waals surface area contributed by atoms with Crippen molar-refractivity contribution in [1.29, 1.82) is 0 Å². The Hall–Kier alpha value is -5.86. The van der Waals surface area contributed by atoms with Crippen molar-refractivity contribution in [2.24, 2.45) is 0 Å². The van der Waals surface area contributed by atoms with Crippen LogP contribution in [-0.2, 0) is 0 Å². The Morgan fingerprint density at radius 1 is 0.386 bits per heavy atom. The third-order valence-electron chi connectivity index (χ3n) is 9.86. The molecule has 0 fully saturated rings.